The SMILES string of the molecule is CCCCN(c1nc(CNCCC)cs1)C(C)CC. The number of hydrogen-bond donors (Lipinski definition) is 1. The Morgan fingerprint density at radius 2 is 2.11 bits per heavy atom. The molecule has 1 unspecified atom stereocenters. The molecule has 0 bridgehead atoms. The highest BCUT2D eigenvalue weighted by Crippen LogP contribution is 2.24. The van der Waals surface area contributed by atoms with Crippen molar-refractivity contribution in [1.82, 2.24) is 10.3 Å². The topological polar surface area (TPSA) is 28.2 Å². The third-order valence-corrected chi connectivity index (χ3v) is 4.32. The zero-order chi connectivity index (χ0) is 14.1. The zero-order valence-electron chi connectivity index (χ0n) is 12.9. The quantitative estimate of drug-likeness (QED) is 0.657. The van der Waals surface area contributed by atoms with E-state index in [0.717, 1.165) is 19.6 Å². The fraction of sp³-hybridized carbons (Fsp3) is 0.800. The van der Waals surface area contributed by atoms with Crippen LogP contribution < -0.4 is 10.2 Å². The first kappa shape index (κ1) is 16.4. The molecule has 0 saturated carbocycles. The lowest BCUT2D eigenvalue weighted by atomic mass is 10.2. The van der Waals surface area contributed by atoms with Crippen LogP contribution in [0.5, 0.6) is 0 Å². The van der Waals surface area contributed by atoms with E-state index in [2.05, 4.69) is 43.3 Å². The van der Waals surface area contributed by atoms with E-state index in [4.69, 9.17) is 4.98 Å². The lowest BCUT2D eigenvalue weighted by Crippen LogP contribution is -2.33. The van der Waals surface area contributed by atoms with E-state index in [9.17, 15) is 0 Å². The molecule has 1 aromatic heterocycles. The van der Waals surface area contributed by atoms with Gasteiger partial charge in [-0.15, -0.1) is 11.3 Å². The maximum absolute atomic E-state index is 4.79. The summed E-state index contributed by atoms with van der Waals surface area (Å²) in [5.41, 5.74) is 1.18. The first-order chi connectivity index (χ1) is 9.22. The fourth-order valence-electron chi connectivity index (χ4n) is 1.96. The predicted octanol–water partition coefficient (Wildman–Crippen LogP) is 4.05. The van der Waals surface area contributed by atoms with Crippen LogP contribution >= 0.6 is 11.3 Å². The Kier molecular flexibility index (Phi) is 8.07. The molecule has 0 aromatic carbocycles. The average molecular weight is 283 g/mol. The van der Waals surface area contributed by atoms with Crippen molar-refractivity contribution in [3.05, 3.63) is 11.1 Å². The van der Waals surface area contributed by atoms with E-state index < -0.39 is 0 Å². The summed E-state index contributed by atoms with van der Waals surface area (Å²) >= 11 is 1.78. The monoisotopic (exact) mass is 283 g/mol. The first-order valence-corrected chi connectivity index (χ1v) is 8.52. The molecule has 1 atom stereocenters. The number of unbranched alkanes of at least 4 members (excludes halogenated alkanes) is 1. The third-order valence-electron chi connectivity index (χ3n) is 3.39. The highest BCUT2D eigenvalue weighted by atomic mass is 32.1. The van der Waals surface area contributed by atoms with Crippen molar-refractivity contribution in [1.29, 1.82) is 0 Å². The summed E-state index contributed by atoms with van der Waals surface area (Å²) in [6, 6.07) is 0.578. The Morgan fingerprint density at radius 1 is 1.32 bits per heavy atom. The maximum Gasteiger partial charge on any atom is 0.185 e. The van der Waals surface area contributed by atoms with Crippen LogP contribution in [0, 0.1) is 0 Å². The lowest BCUT2D eigenvalue weighted by Gasteiger charge is -2.28. The van der Waals surface area contributed by atoms with Crippen molar-refractivity contribution in [3.63, 3.8) is 0 Å². The van der Waals surface area contributed by atoms with Gasteiger partial charge in [-0.3, -0.25) is 0 Å². The summed E-state index contributed by atoms with van der Waals surface area (Å²) in [4.78, 5) is 7.26. The summed E-state index contributed by atoms with van der Waals surface area (Å²) in [6.45, 7) is 12.1. The Bertz CT molecular complexity index is 338. The van der Waals surface area contributed by atoms with Crippen LogP contribution in [-0.4, -0.2) is 24.1 Å². The Hall–Kier alpha value is -0.610. The molecule has 1 N–H and O–H groups in total. The number of thiazole rings is 1. The maximum atomic E-state index is 4.79. The first-order valence-electron chi connectivity index (χ1n) is 7.64. The lowest BCUT2D eigenvalue weighted by molar-refractivity contribution is 0.592. The van der Waals surface area contributed by atoms with Gasteiger partial charge in [0.1, 0.15) is 0 Å². The van der Waals surface area contributed by atoms with Crippen LogP contribution in [0.3, 0.4) is 0 Å². The van der Waals surface area contributed by atoms with Gasteiger partial charge < -0.3 is 10.2 Å². The molecule has 4 heteroatoms. The molecule has 0 saturated heterocycles. The van der Waals surface area contributed by atoms with E-state index in [1.54, 1.807) is 11.3 Å². The standard InChI is InChI=1S/C15H29N3S/c1-5-8-10-18(13(4)7-3)15-17-14(12-19-15)11-16-9-6-2/h12-13,16H,5-11H2,1-4H3. The highest BCUT2D eigenvalue weighted by molar-refractivity contribution is 7.13. The number of aromatic nitrogens is 1. The van der Waals surface area contributed by atoms with Crippen LogP contribution in [0.15, 0.2) is 5.38 Å². The molecule has 0 radical (unpaired) electrons. The molecule has 1 aromatic rings. The van der Waals surface area contributed by atoms with Crippen molar-refractivity contribution in [2.75, 3.05) is 18.0 Å². The molecule has 0 aliphatic heterocycles. The van der Waals surface area contributed by atoms with Crippen LogP contribution in [0.1, 0.15) is 59.1 Å². The van der Waals surface area contributed by atoms with Gasteiger partial charge in [0.05, 0.1) is 5.69 Å². The molecule has 3 nitrogen and oxygen atoms in total. The largest absolute Gasteiger partial charge is 0.345 e. The van der Waals surface area contributed by atoms with Gasteiger partial charge in [0, 0.05) is 24.5 Å². The highest BCUT2D eigenvalue weighted by Gasteiger charge is 2.15. The average Bonchev–Trinajstić information content (AvgIpc) is 2.88. The van der Waals surface area contributed by atoms with Crippen molar-refractivity contribution in [2.24, 2.45) is 0 Å². The summed E-state index contributed by atoms with van der Waals surface area (Å²) < 4.78 is 0. The number of rotatable bonds is 10. The van der Waals surface area contributed by atoms with Gasteiger partial charge in [-0.2, -0.15) is 0 Å². The van der Waals surface area contributed by atoms with Crippen LogP contribution in [-0.2, 0) is 6.54 Å². The second-order valence-electron chi connectivity index (χ2n) is 5.10. The fourth-order valence-corrected chi connectivity index (χ4v) is 2.91. The molecule has 110 valence electrons. The number of nitrogens with zero attached hydrogens (tertiary/aromatic N) is 2. The summed E-state index contributed by atoms with van der Waals surface area (Å²) in [7, 11) is 0. The van der Waals surface area contributed by atoms with Gasteiger partial charge in [0.25, 0.3) is 0 Å². The molecule has 0 spiro atoms. The molecule has 0 aliphatic rings. The minimum absolute atomic E-state index is 0.578. The van der Waals surface area contributed by atoms with Crippen LogP contribution in [0.25, 0.3) is 0 Å². The molecule has 0 aliphatic carbocycles. The van der Waals surface area contributed by atoms with Crippen molar-refractivity contribution < 1.29 is 0 Å². The minimum Gasteiger partial charge on any atom is -0.345 e. The van der Waals surface area contributed by atoms with E-state index in [1.165, 1.54) is 36.5 Å². The van der Waals surface area contributed by atoms with Gasteiger partial charge in [0.15, 0.2) is 5.13 Å². The molecule has 1 rings (SSSR count). The summed E-state index contributed by atoms with van der Waals surface area (Å²) in [5, 5.41) is 6.80. The van der Waals surface area contributed by atoms with Crippen molar-refractivity contribution >= 4 is 16.5 Å². The van der Waals surface area contributed by atoms with Gasteiger partial charge in [-0.05, 0) is 32.7 Å². The minimum atomic E-state index is 0.578. The number of nitrogens with one attached hydrogen (secondary N) is 1. The second kappa shape index (κ2) is 9.32. The van der Waals surface area contributed by atoms with Gasteiger partial charge in [-0.25, -0.2) is 4.98 Å². The van der Waals surface area contributed by atoms with E-state index in [1.807, 2.05) is 0 Å². The molecule has 0 amide bonds. The molecule has 1 heterocycles. The Balaban J connectivity index is 2.62. The zero-order valence-corrected chi connectivity index (χ0v) is 13.7. The smallest absolute Gasteiger partial charge is 0.185 e. The van der Waals surface area contributed by atoms with E-state index >= 15 is 0 Å². The van der Waals surface area contributed by atoms with Crippen molar-refractivity contribution in [3.8, 4) is 0 Å². The van der Waals surface area contributed by atoms with Gasteiger partial charge in [0.2, 0.25) is 0 Å². The summed E-state index contributed by atoms with van der Waals surface area (Å²) in [6.07, 6.45) is 4.83. The normalized spacial score (nSPS) is 12.6. The number of anilines is 1. The number of hydrogen-bond acceptors (Lipinski definition) is 4. The van der Waals surface area contributed by atoms with Gasteiger partial charge >= 0.3 is 0 Å². The Labute approximate surface area is 122 Å². The van der Waals surface area contributed by atoms with Crippen LogP contribution in [0.4, 0.5) is 5.13 Å². The van der Waals surface area contributed by atoms with E-state index in [0.29, 0.717) is 6.04 Å². The molecule has 19 heavy (non-hydrogen) atoms. The Morgan fingerprint density at radius 3 is 2.74 bits per heavy atom. The van der Waals surface area contributed by atoms with Crippen molar-refractivity contribution in [2.45, 2.75) is 66.0 Å². The van der Waals surface area contributed by atoms with E-state index in [-0.39, 0.29) is 0 Å². The molecular formula is C15H29N3S. The predicted molar refractivity (Wildman–Crippen MR) is 86.1 cm³/mol. The molecular weight excluding hydrogens is 254 g/mol. The molecule has 0 fully saturated rings. The van der Waals surface area contributed by atoms with Crippen LogP contribution in [0.2, 0.25) is 0 Å². The van der Waals surface area contributed by atoms with Gasteiger partial charge in [-0.1, -0.05) is 27.2 Å². The third kappa shape index (κ3) is 5.49. The second-order valence-corrected chi connectivity index (χ2v) is 5.94. The summed E-state index contributed by atoms with van der Waals surface area (Å²) in [5.74, 6) is 0.